The average molecular weight is 261 g/mol. The quantitative estimate of drug-likeness (QED) is 0.763. The molecule has 92 valence electrons. The molecule has 2 N–H and O–H groups in total. The Labute approximate surface area is 107 Å². The van der Waals surface area contributed by atoms with Crippen molar-refractivity contribution in [2.45, 2.75) is 6.92 Å². The summed E-state index contributed by atoms with van der Waals surface area (Å²) in [5, 5.41) is 4.70. The van der Waals surface area contributed by atoms with Gasteiger partial charge in [0.15, 0.2) is 0 Å². The fraction of sp³-hybridized carbons (Fsp3) is 0.182. The zero-order valence-electron chi connectivity index (χ0n) is 9.91. The van der Waals surface area contributed by atoms with Crippen molar-refractivity contribution in [2.75, 3.05) is 5.73 Å². The fourth-order valence-electron chi connectivity index (χ4n) is 1.71. The molecule has 0 unspecified atom stereocenters. The van der Waals surface area contributed by atoms with Crippen LogP contribution in [-0.2, 0) is 7.05 Å². The van der Waals surface area contributed by atoms with Gasteiger partial charge in [0.2, 0.25) is 5.82 Å². The Morgan fingerprint density at radius 2 is 2.28 bits per heavy atom. The lowest BCUT2D eigenvalue weighted by Gasteiger charge is -1.93. The Morgan fingerprint density at radius 3 is 2.89 bits per heavy atom. The first-order valence-electron chi connectivity index (χ1n) is 5.32. The second kappa shape index (κ2) is 3.95. The van der Waals surface area contributed by atoms with E-state index >= 15 is 0 Å². The van der Waals surface area contributed by atoms with E-state index in [4.69, 9.17) is 10.3 Å². The molecule has 0 aromatic carbocycles. The molecule has 6 nitrogen and oxygen atoms in total. The lowest BCUT2D eigenvalue weighted by Crippen LogP contribution is -1.90. The van der Waals surface area contributed by atoms with Crippen LogP contribution in [-0.4, -0.2) is 19.7 Å². The van der Waals surface area contributed by atoms with Crippen LogP contribution in [0.3, 0.4) is 0 Å². The Kier molecular flexibility index (Phi) is 2.41. The summed E-state index contributed by atoms with van der Waals surface area (Å²) in [5.41, 5.74) is 7.61. The topological polar surface area (TPSA) is 82.8 Å². The third-order valence-electron chi connectivity index (χ3n) is 2.60. The van der Waals surface area contributed by atoms with E-state index < -0.39 is 0 Å². The molecule has 0 amide bonds. The minimum absolute atomic E-state index is 0.491. The third kappa shape index (κ3) is 1.68. The van der Waals surface area contributed by atoms with E-state index in [0.717, 1.165) is 21.1 Å². The highest BCUT2D eigenvalue weighted by atomic mass is 32.1. The van der Waals surface area contributed by atoms with Gasteiger partial charge in [-0.25, -0.2) is 4.98 Å². The van der Waals surface area contributed by atoms with Gasteiger partial charge in [-0.3, -0.25) is 0 Å². The molecule has 7 heteroatoms. The predicted octanol–water partition coefficient (Wildman–Crippen LogP) is 2.09. The van der Waals surface area contributed by atoms with Gasteiger partial charge in [-0.2, -0.15) is 4.98 Å². The Balaban J connectivity index is 2.05. The van der Waals surface area contributed by atoms with Gasteiger partial charge < -0.3 is 14.8 Å². The molecule has 0 fully saturated rings. The second-order valence-corrected chi connectivity index (χ2v) is 5.06. The van der Waals surface area contributed by atoms with Crippen molar-refractivity contribution in [1.82, 2.24) is 19.7 Å². The standard InChI is InChI=1S/C11H11N5OS/c1-6-3-8(12)18-9(6)11-14-10(15-17-11)7-4-13-5-16(7)2/h3-5H,12H2,1-2H3. The summed E-state index contributed by atoms with van der Waals surface area (Å²) in [6, 6.07) is 1.90. The van der Waals surface area contributed by atoms with Gasteiger partial charge in [-0.15, -0.1) is 11.3 Å². The van der Waals surface area contributed by atoms with Crippen LogP contribution < -0.4 is 5.73 Å². The molecule has 0 aliphatic carbocycles. The second-order valence-electron chi connectivity index (χ2n) is 3.97. The molecule has 18 heavy (non-hydrogen) atoms. The number of imidazole rings is 1. The number of hydrogen-bond donors (Lipinski definition) is 1. The van der Waals surface area contributed by atoms with E-state index in [1.165, 1.54) is 11.3 Å². The largest absolute Gasteiger partial charge is 0.391 e. The summed E-state index contributed by atoms with van der Waals surface area (Å²) >= 11 is 1.44. The van der Waals surface area contributed by atoms with Crippen LogP contribution >= 0.6 is 11.3 Å². The van der Waals surface area contributed by atoms with Crippen molar-refractivity contribution in [1.29, 1.82) is 0 Å². The molecule has 0 saturated heterocycles. The number of hydrogen-bond acceptors (Lipinski definition) is 6. The maximum absolute atomic E-state index is 5.76. The van der Waals surface area contributed by atoms with E-state index in [2.05, 4.69) is 15.1 Å². The zero-order valence-corrected chi connectivity index (χ0v) is 10.7. The Hall–Kier alpha value is -2.15. The van der Waals surface area contributed by atoms with E-state index in [1.807, 2.05) is 24.6 Å². The molecular weight excluding hydrogens is 250 g/mol. The van der Waals surface area contributed by atoms with Crippen LogP contribution in [0.2, 0.25) is 0 Å². The highest BCUT2D eigenvalue weighted by Crippen LogP contribution is 2.33. The first-order chi connectivity index (χ1) is 8.65. The molecule has 0 aliphatic rings. The lowest BCUT2D eigenvalue weighted by molar-refractivity contribution is 0.432. The van der Waals surface area contributed by atoms with Gasteiger partial charge in [0.1, 0.15) is 5.69 Å². The number of nitrogens with zero attached hydrogens (tertiary/aromatic N) is 4. The van der Waals surface area contributed by atoms with E-state index in [1.54, 1.807) is 12.5 Å². The van der Waals surface area contributed by atoms with Crippen LogP contribution in [0.5, 0.6) is 0 Å². The average Bonchev–Trinajstić information content (AvgIpc) is 2.98. The van der Waals surface area contributed by atoms with E-state index in [0.29, 0.717) is 11.7 Å². The summed E-state index contributed by atoms with van der Waals surface area (Å²) in [7, 11) is 1.88. The molecule has 3 rings (SSSR count). The van der Waals surface area contributed by atoms with Crippen molar-refractivity contribution in [3.63, 3.8) is 0 Å². The van der Waals surface area contributed by atoms with Gasteiger partial charge in [-0.1, -0.05) is 5.16 Å². The smallest absolute Gasteiger partial charge is 0.268 e. The first kappa shape index (κ1) is 11.0. The Morgan fingerprint density at radius 1 is 1.44 bits per heavy atom. The van der Waals surface area contributed by atoms with Crippen molar-refractivity contribution in [3.05, 3.63) is 24.2 Å². The predicted molar refractivity (Wildman–Crippen MR) is 69.0 cm³/mol. The van der Waals surface area contributed by atoms with Crippen LogP contribution in [0.1, 0.15) is 5.56 Å². The van der Waals surface area contributed by atoms with Crippen molar-refractivity contribution < 1.29 is 4.52 Å². The molecule has 0 atom stereocenters. The molecule has 3 heterocycles. The highest BCUT2D eigenvalue weighted by Gasteiger charge is 2.16. The SMILES string of the molecule is Cc1cc(N)sc1-c1nc(-c2cncn2C)no1. The number of aromatic nitrogens is 4. The van der Waals surface area contributed by atoms with Gasteiger partial charge in [-0.05, 0) is 18.6 Å². The lowest BCUT2D eigenvalue weighted by atomic mass is 10.3. The molecule has 0 aliphatic heterocycles. The summed E-state index contributed by atoms with van der Waals surface area (Å²) in [5.74, 6) is 1.02. The minimum Gasteiger partial charge on any atom is -0.391 e. The fourth-order valence-corrected chi connectivity index (χ4v) is 2.57. The van der Waals surface area contributed by atoms with Crippen LogP contribution in [0.4, 0.5) is 5.00 Å². The van der Waals surface area contributed by atoms with Crippen molar-refractivity contribution in [2.24, 2.45) is 7.05 Å². The molecule has 3 aromatic rings. The molecule has 3 aromatic heterocycles. The maximum Gasteiger partial charge on any atom is 0.268 e. The van der Waals surface area contributed by atoms with Gasteiger partial charge in [0.25, 0.3) is 5.89 Å². The molecule has 0 saturated carbocycles. The van der Waals surface area contributed by atoms with Crippen molar-refractivity contribution >= 4 is 16.3 Å². The van der Waals surface area contributed by atoms with Crippen LogP contribution in [0, 0.1) is 6.92 Å². The summed E-state index contributed by atoms with van der Waals surface area (Å²) in [6.45, 7) is 1.97. The first-order valence-corrected chi connectivity index (χ1v) is 6.13. The third-order valence-corrected chi connectivity index (χ3v) is 3.66. The minimum atomic E-state index is 0.491. The van der Waals surface area contributed by atoms with Crippen LogP contribution in [0.25, 0.3) is 22.3 Å². The van der Waals surface area contributed by atoms with Gasteiger partial charge >= 0.3 is 0 Å². The van der Waals surface area contributed by atoms with Gasteiger partial charge in [0, 0.05) is 7.05 Å². The maximum atomic E-state index is 5.76. The highest BCUT2D eigenvalue weighted by molar-refractivity contribution is 7.19. The van der Waals surface area contributed by atoms with E-state index in [9.17, 15) is 0 Å². The summed E-state index contributed by atoms with van der Waals surface area (Å²) in [4.78, 5) is 9.31. The summed E-state index contributed by atoms with van der Waals surface area (Å²) in [6.07, 6.45) is 3.39. The number of thiophene rings is 1. The number of aryl methyl sites for hydroxylation is 2. The molecule has 0 spiro atoms. The Bertz CT molecular complexity index is 696. The monoisotopic (exact) mass is 261 g/mol. The molecule has 0 bridgehead atoms. The zero-order chi connectivity index (χ0) is 12.7. The molecule has 0 radical (unpaired) electrons. The number of nitrogen functional groups attached to an aromatic ring is 1. The normalized spacial score (nSPS) is 11.0. The number of nitrogens with two attached hydrogens (primary N) is 1. The molecular formula is C11H11N5OS. The van der Waals surface area contributed by atoms with Crippen LogP contribution in [0.15, 0.2) is 23.1 Å². The van der Waals surface area contributed by atoms with Gasteiger partial charge in [0.05, 0.1) is 22.4 Å². The number of rotatable bonds is 2. The number of anilines is 1. The summed E-state index contributed by atoms with van der Waals surface area (Å²) < 4.78 is 7.11. The van der Waals surface area contributed by atoms with Crippen molar-refractivity contribution in [3.8, 4) is 22.3 Å². The van der Waals surface area contributed by atoms with E-state index in [-0.39, 0.29) is 0 Å².